The molecule has 60 heavy (non-hydrogen) atoms. The van der Waals surface area contributed by atoms with Gasteiger partial charge in [0.1, 0.15) is 40.2 Å². The summed E-state index contributed by atoms with van der Waals surface area (Å²) >= 11 is 0. The molecule has 20 heteroatoms. The van der Waals surface area contributed by atoms with Gasteiger partial charge in [0.2, 0.25) is 17.1 Å². The van der Waals surface area contributed by atoms with Gasteiger partial charge in [-0.1, -0.05) is 0 Å². The number of aliphatic hydroxyl groups is 3. The second-order valence-electron chi connectivity index (χ2n) is 14.2. The predicted octanol–water partition coefficient (Wildman–Crippen LogP) is 0.908. The number of ether oxygens (including phenoxy) is 2. The van der Waals surface area contributed by atoms with Crippen molar-refractivity contribution in [1.29, 1.82) is 0 Å². The number of amides is 3. The summed E-state index contributed by atoms with van der Waals surface area (Å²) in [5.74, 6) is -1.62. The maximum absolute atomic E-state index is 13.8. The first-order chi connectivity index (χ1) is 28.6. The number of aromatic nitrogens is 8. The molecular formula is C40H49N11O9. The van der Waals surface area contributed by atoms with Gasteiger partial charge in [-0.25, -0.2) is 0 Å². The molecule has 0 aliphatic rings. The van der Waals surface area contributed by atoms with Gasteiger partial charge in [0.25, 0.3) is 11.8 Å². The van der Waals surface area contributed by atoms with Crippen LogP contribution in [-0.4, -0.2) is 110 Å². The van der Waals surface area contributed by atoms with E-state index in [1.54, 1.807) is 50.7 Å². The van der Waals surface area contributed by atoms with Crippen LogP contribution in [0.5, 0.6) is 11.5 Å². The molecule has 0 bridgehead atoms. The van der Waals surface area contributed by atoms with Crippen molar-refractivity contribution >= 4 is 46.1 Å². The Balaban J connectivity index is 1.52. The van der Waals surface area contributed by atoms with Crippen LogP contribution in [0.3, 0.4) is 0 Å². The SMILES string of the molecule is CCn1nc(C)cc1C(=O)/N=c1\n(C)c2cc(C=O)cc(OC)c2n1C[C@H](O)[C@@H](O)Cn1/c(=N/C(=O)c2cc(C)nn2CC)n(C)c2cc(C(N)=O)cc(OCCCO)c21. The minimum atomic E-state index is -1.59. The Bertz CT molecular complexity index is 2780. The molecule has 0 saturated heterocycles. The zero-order valence-electron chi connectivity index (χ0n) is 34.5. The molecule has 5 N–H and O–H groups in total. The van der Waals surface area contributed by atoms with Crippen LogP contribution in [0, 0.1) is 13.8 Å². The second kappa shape index (κ2) is 17.7. The van der Waals surface area contributed by atoms with Gasteiger partial charge in [-0.15, -0.1) is 0 Å². The van der Waals surface area contributed by atoms with Gasteiger partial charge in [0.05, 0.1) is 61.4 Å². The third kappa shape index (κ3) is 8.16. The van der Waals surface area contributed by atoms with Crippen LogP contribution in [0.2, 0.25) is 0 Å². The number of rotatable bonds is 16. The van der Waals surface area contributed by atoms with E-state index < -0.39 is 29.9 Å². The van der Waals surface area contributed by atoms with Gasteiger partial charge in [0.15, 0.2) is 0 Å². The number of carbonyl (C=O) groups is 4. The molecule has 318 valence electrons. The average Bonchev–Trinajstić information content (AvgIpc) is 3.95. The lowest BCUT2D eigenvalue weighted by molar-refractivity contribution is -0.000241. The first-order valence-corrected chi connectivity index (χ1v) is 19.3. The first-order valence-electron chi connectivity index (χ1n) is 19.3. The Morgan fingerprint density at radius 2 is 1.30 bits per heavy atom. The standard InChI is InChI=1S/C40H49N11O9/c1-8-50-28(13-22(3)44-50)37(57)42-39-46(5)26-15-24(21-53)16-32(59-7)34(26)48(39)19-30(54)31(55)20-49-35-27(17-25(36(41)56)18-33(35)60-12-10-11-52)47(6)40(49)43-38(58)29-14-23(4)45-51(29)9-2/h13-18,21,30-31,52,54-55H,8-12,19-20H2,1-7H3,(H2,41,56)/b42-39+,43-40+/t30-,31-/m0/s1. The molecule has 0 spiro atoms. The van der Waals surface area contributed by atoms with Crippen molar-refractivity contribution < 1.29 is 44.0 Å². The fourth-order valence-electron chi connectivity index (χ4n) is 7.21. The number of imidazole rings is 2. The summed E-state index contributed by atoms with van der Waals surface area (Å²) in [5, 5.41) is 42.1. The van der Waals surface area contributed by atoms with Gasteiger partial charge in [-0.2, -0.15) is 20.2 Å². The van der Waals surface area contributed by atoms with Crippen molar-refractivity contribution in [3.05, 3.63) is 81.5 Å². The summed E-state index contributed by atoms with van der Waals surface area (Å²) < 4.78 is 20.9. The molecule has 2 aromatic carbocycles. The summed E-state index contributed by atoms with van der Waals surface area (Å²) in [7, 11) is 4.67. The van der Waals surface area contributed by atoms with E-state index in [-0.39, 0.29) is 78.0 Å². The highest BCUT2D eigenvalue weighted by Crippen LogP contribution is 2.30. The molecule has 4 aromatic heterocycles. The number of aryl methyl sites for hydroxylation is 6. The summed E-state index contributed by atoms with van der Waals surface area (Å²) in [6.07, 6.45) is -2.27. The van der Waals surface area contributed by atoms with Gasteiger partial charge >= 0.3 is 0 Å². The van der Waals surface area contributed by atoms with Crippen molar-refractivity contribution in [3.8, 4) is 11.5 Å². The quantitative estimate of drug-likeness (QED) is 0.0788. The molecule has 0 aliphatic heterocycles. The monoisotopic (exact) mass is 827 g/mol. The molecule has 0 aliphatic carbocycles. The molecule has 3 amide bonds. The molecule has 0 saturated carbocycles. The summed E-state index contributed by atoms with van der Waals surface area (Å²) in [6.45, 7) is 7.14. The van der Waals surface area contributed by atoms with Crippen LogP contribution in [-0.2, 0) is 40.3 Å². The average molecular weight is 828 g/mol. The number of hydrogen-bond acceptors (Lipinski definition) is 11. The number of nitrogens with zero attached hydrogens (tertiary/aromatic N) is 10. The highest BCUT2D eigenvalue weighted by Gasteiger charge is 2.27. The van der Waals surface area contributed by atoms with E-state index in [9.17, 15) is 34.5 Å². The van der Waals surface area contributed by atoms with Gasteiger partial charge in [-0.05, 0) is 64.1 Å². The summed E-state index contributed by atoms with van der Waals surface area (Å²) in [6, 6.07) is 9.25. The molecule has 6 aromatic rings. The fourth-order valence-corrected chi connectivity index (χ4v) is 7.21. The second-order valence-corrected chi connectivity index (χ2v) is 14.2. The topological polar surface area (TPSA) is 254 Å². The molecule has 4 heterocycles. The number of fused-ring (bicyclic) bond motifs is 2. The molecule has 0 fully saturated rings. The van der Waals surface area contributed by atoms with Crippen LogP contribution in [0.25, 0.3) is 22.1 Å². The zero-order chi connectivity index (χ0) is 43.6. The number of aliphatic hydroxyl groups excluding tert-OH is 3. The molecular weight excluding hydrogens is 779 g/mol. The van der Waals surface area contributed by atoms with Crippen molar-refractivity contribution in [1.82, 2.24) is 37.8 Å². The normalized spacial score (nSPS) is 13.4. The number of hydrogen-bond donors (Lipinski definition) is 4. The van der Waals surface area contributed by atoms with E-state index in [0.29, 0.717) is 52.8 Å². The van der Waals surface area contributed by atoms with Gasteiger partial charge < -0.3 is 48.8 Å². The van der Waals surface area contributed by atoms with Crippen LogP contribution >= 0.6 is 0 Å². The highest BCUT2D eigenvalue weighted by molar-refractivity contribution is 5.99. The fraction of sp³-hybridized carbons (Fsp3) is 0.400. The van der Waals surface area contributed by atoms with E-state index >= 15 is 0 Å². The number of primary amides is 1. The van der Waals surface area contributed by atoms with Crippen molar-refractivity contribution in [3.63, 3.8) is 0 Å². The summed E-state index contributed by atoms with van der Waals surface area (Å²) in [4.78, 5) is 61.0. The zero-order valence-corrected chi connectivity index (χ0v) is 34.5. The summed E-state index contributed by atoms with van der Waals surface area (Å²) in [5.41, 5.74) is 9.36. The predicted molar refractivity (Wildman–Crippen MR) is 217 cm³/mol. The molecule has 0 radical (unpaired) electrons. The number of carbonyl (C=O) groups excluding carboxylic acids is 4. The number of methoxy groups -OCH3 is 1. The Labute approximate surface area is 343 Å². The maximum Gasteiger partial charge on any atom is 0.298 e. The number of nitrogens with two attached hydrogens (primary N) is 1. The van der Waals surface area contributed by atoms with E-state index in [1.807, 2.05) is 13.8 Å². The third-order valence-electron chi connectivity index (χ3n) is 10.1. The lowest BCUT2D eigenvalue weighted by atomic mass is 10.1. The Kier molecular flexibility index (Phi) is 12.7. The van der Waals surface area contributed by atoms with Gasteiger partial charge in [-0.3, -0.25) is 28.5 Å². The van der Waals surface area contributed by atoms with Crippen molar-refractivity contribution in [2.45, 2.75) is 72.5 Å². The molecule has 20 nitrogen and oxygen atoms in total. The number of aldehydes is 1. The Hall–Kier alpha value is -6.64. The van der Waals surface area contributed by atoms with Crippen molar-refractivity contribution in [2.24, 2.45) is 29.8 Å². The molecule has 2 atom stereocenters. The minimum absolute atomic E-state index is 0.0291. The van der Waals surface area contributed by atoms with Crippen LogP contribution in [0.15, 0.2) is 46.4 Å². The van der Waals surface area contributed by atoms with E-state index in [1.165, 1.54) is 48.4 Å². The van der Waals surface area contributed by atoms with Crippen LogP contribution in [0.4, 0.5) is 0 Å². The maximum atomic E-state index is 13.8. The Morgan fingerprint density at radius 3 is 1.75 bits per heavy atom. The van der Waals surface area contributed by atoms with Crippen LogP contribution in [0.1, 0.15) is 73.3 Å². The lowest BCUT2D eigenvalue weighted by Gasteiger charge is -2.21. The van der Waals surface area contributed by atoms with E-state index in [0.717, 1.165) is 0 Å². The third-order valence-corrected chi connectivity index (χ3v) is 10.1. The highest BCUT2D eigenvalue weighted by atomic mass is 16.5. The van der Waals surface area contributed by atoms with Crippen LogP contribution < -0.4 is 26.4 Å². The lowest BCUT2D eigenvalue weighted by Crippen LogP contribution is -2.40. The smallest absolute Gasteiger partial charge is 0.298 e. The first kappa shape index (κ1) is 43.0. The molecule has 6 rings (SSSR count). The minimum Gasteiger partial charge on any atom is -0.494 e. The largest absolute Gasteiger partial charge is 0.494 e. The number of benzene rings is 2. The van der Waals surface area contributed by atoms with E-state index in [4.69, 9.17) is 15.2 Å². The van der Waals surface area contributed by atoms with Crippen molar-refractivity contribution in [2.75, 3.05) is 20.3 Å². The molecule has 0 unspecified atom stereocenters. The van der Waals surface area contributed by atoms with Gasteiger partial charge in [0, 0.05) is 51.3 Å². The Morgan fingerprint density at radius 1 is 0.800 bits per heavy atom. The van der Waals surface area contributed by atoms with E-state index in [2.05, 4.69) is 20.2 Å².